The first-order valence-electron chi connectivity index (χ1n) is 9.65. The largest absolute Gasteiger partial charge is 0.339 e. The molecule has 0 atom stereocenters. The van der Waals surface area contributed by atoms with Crippen molar-refractivity contribution in [2.24, 2.45) is 0 Å². The predicted molar refractivity (Wildman–Crippen MR) is 119 cm³/mol. The molecule has 2 amide bonds. The number of piperazine rings is 1. The fourth-order valence-electron chi connectivity index (χ4n) is 3.48. The topological polar surface area (TPSA) is 74.2 Å². The maximum atomic E-state index is 13.2. The Kier molecular flexibility index (Phi) is 6.49. The number of halogens is 2. The molecular weight excluding hydrogens is 461 g/mol. The first kappa shape index (κ1) is 21.7. The van der Waals surface area contributed by atoms with Crippen LogP contribution in [0.25, 0.3) is 10.7 Å². The maximum Gasteiger partial charge on any atom is 0.255 e. The summed E-state index contributed by atoms with van der Waals surface area (Å²) in [6.45, 7) is 2.06. The van der Waals surface area contributed by atoms with Crippen molar-refractivity contribution in [2.75, 3.05) is 26.2 Å². The molecule has 1 aliphatic rings. The lowest BCUT2D eigenvalue weighted by molar-refractivity contribution is -0.132. The summed E-state index contributed by atoms with van der Waals surface area (Å²) in [6, 6.07) is 7.62. The van der Waals surface area contributed by atoms with E-state index < -0.39 is 5.82 Å². The number of amides is 2. The summed E-state index contributed by atoms with van der Waals surface area (Å²) in [7, 11) is 0. The van der Waals surface area contributed by atoms with E-state index in [1.165, 1.54) is 12.1 Å². The minimum Gasteiger partial charge on any atom is -0.339 e. The average Bonchev–Trinajstić information content (AvgIpc) is 3.41. The van der Waals surface area contributed by atoms with Crippen LogP contribution in [-0.2, 0) is 11.3 Å². The lowest BCUT2D eigenvalue weighted by atomic mass is 10.1. The second-order valence-electron chi connectivity index (χ2n) is 7.03. The van der Waals surface area contributed by atoms with E-state index >= 15 is 0 Å². The highest BCUT2D eigenvalue weighted by atomic mass is 35.5. The molecule has 3 heterocycles. The molecule has 0 unspecified atom stereocenters. The number of rotatable bonds is 5. The van der Waals surface area contributed by atoms with Gasteiger partial charge in [-0.15, -0.1) is 11.3 Å². The summed E-state index contributed by atoms with van der Waals surface area (Å²) >= 11 is 12.9. The van der Waals surface area contributed by atoms with Gasteiger partial charge in [0.2, 0.25) is 5.91 Å². The van der Waals surface area contributed by atoms with E-state index in [4.69, 9.17) is 23.8 Å². The minimum atomic E-state index is -0.489. The first-order valence-corrected chi connectivity index (χ1v) is 11.3. The second-order valence-corrected chi connectivity index (χ2v) is 8.77. The number of hydrogen-bond donors (Lipinski definition) is 1. The summed E-state index contributed by atoms with van der Waals surface area (Å²) < 4.78 is 15.5. The highest BCUT2D eigenvalue weighted by Gasteiger charge is 2.26. The maximum absolute atomic E-state index is 13.2. The lowest BCUT2D eigenvalue weighted by Crippen LogP contribution is -2.50. The van der Waals surface area contributed by atoms with Crippen molar-refractivity contribution in [3.63, 3.8) is 0 Å². The van der Waals surface area contributed by atoms with Crippen LogP contribution in [0.5, 0.6) is 0 Å². The third-order valence-electron chi connectivity index (χ3n) is 5.13. The molecule has 11 heteroatoms. The molecule has 162 valence electrons. The van der Waals surface area contributed by atoms with Crippen LogP contribution in [-0.4, -0.2) is 62.6 Å². The monoisotopic (exact) mass is 479 g/mol. The van der Waals surface area contributed by atoms with E-state index in [-0.39, 0.29) is 28.8 Å². The van der Waals surface area contributed by atoms with Crippen LogP contribution in [0.1, 0.15) is 16.8 Å². The zero-order valence-electron chi connectivity index (χ0n) is 16.4. The van der Waals surface area contributed by atoms with E-state index in [1.807, 2.05) is 22.1 Å². The Morgan fingerprint density at radius 1 is 1.19 bits per heavy atom. The van der Waals surface area contributed by atoms with Crippen LogP contribution < -0.4 is 0 Å². The molecule has 7 nitrogen and oxygen atoms in total. The van der Waals surface area contributed by atoms with E-state index in [0.29, 0.717) is 37.5 Å². The molecule has 2 aromatic heterocycles. The second kappa shape index (κ2) is 9.29. The van der Waals surface area contributed by atoms with Gasteiger partial charge in [-0.2, -0.15) is 5.10 Å². The van der Waals surface area contributed by atoms with Gasteiger partial charge in [0.05, 0.1) is 15.5 Å². The molecule has 1 N–H and O–H groups in total. The molecule has 1 fully saturated rings. The fraction of sp³-hybridized carbons (Fsp3) is 0.300. The third kappa shape index (κ3) is 4.70. The Bertz CT molecular complexity index is 1150. The van der Waals surface area contributed by atoms with Crippen LogP contribution in [0.15, 0.2) is 35.7 Å². The van der Waals surface area contributed by atoms with Crippen LogP contribution in [0.3, 0.4) is 0 Å². The number of aromatic nitrogens is 3. The fourth-order valence-corrected chi connectivity index (χ4v) is 4.67. The quantitative estimate of drug-likeness (QED) is 0.564. The highest BCUT2D eigenvalue weighted by molar-refractivity contribution is 7.71. The third-order valence-corrected chi connectivity index (χ3v) is 6.62. The van der Waals surface area contributed by atoms with E-state index in [0.717, 1.165) is 16.8 Å². The Hall–Kier alpha value is -2.56. The Labute approximate surface area is 192 Å². The summed E-state index contributed by atoms with van der Waals surface area (Å²) in [6.07, 6.45) is 0.282. The molecule has 1 aromatic carbocycles. The van der Waals surface area contributed by atoms with E-state index in [9.17, 15) is 14.0 Å². The number of aromatic amines is 1. The zero-order valence-corrected chi connectivity index (χ0v) is 18.8. The number of carbonyl (C=O) groups excluding carboxylic acids is 2. The van der Waals surface area contributed by atoms with Gasteiger partial charge in [-0.3, -0.25) is 19.3 Å². The van der Waals surface area contributed by atoms with Crippen molar-refractivity contribution in [1.82, 2.24) is 24.6 Å². The molecule has 0 radical (unpaired) electrons. The van der Waals surface area contributed by atoms with Crippen molar-refractivity contribution in [3.05, 3.63) is 56.9 Å². The summed E-state index contributed by atoms with van der Waals surface area (Å²) in [5, 5.41) is 9.11. The summed E-state index contributed by atoms with van der Waals surface area (Å²) in [5.74, 6) is -0.0362. The number of nitrogens with one attached hydrogen (secondary N) is 1. The number of nitrogens with zero attached hydrogens (tertiary/aromatic N) is 4. The zero-order chi connectivity index (χ0) is 22.0. The van der Waals surface area contributed by atoms with Crippen molar-refractivity contribution in [1.29, 1.82) is 0 Å². The van der Waals surface area contributed by atoms with Crippen LogP contribution in [0.4, 0.5) is 4.39 Å². The summed E-state index contributed by atoms with van der Waals surface area (Å²) in [5.41, 5.74) is 0.262. The normalized spacial score (nSPS) is 14.1. The molecule has 0 saturated carbocycles. The average molecular weight is 480 g/mol. The SMILES string of the molecule is O=C(CCn1c(-c2cccs2)n[nH]c1=S)N1CCN(C(=O)c2ccc(F)cc2Cl)CC1. The Balaban J connectivity index is 1.34. The molecular formula is C20H19ClFN5O2S2. The smallest absolute Gasteiger partial charge is 0.255 e. The van der Waals surface area contributed by atoms with E-state index in [2.05, 4.69) is 10.2 Å². The molecule has 1 aliphatic heterocycles. The molecule has 1 saturated heterocycles. The molecule has 31 heavy (non-hydrogen) atoms. The summed E-state index contributed by atoms with van der Waals surface area (Å²) in [4.78, 5) is 29.7. The van der Waals surface area contributed by atoms with Gasteiger partial charge in [-0.25, -0.2) is 4.39 Å². The number of benzene rings is 1. The standard InChI is InChI=1S/C20H19ClFN5O2S2/c21-15-12-13(22)3-4-14(15)19(29)26-9-7-25(8-10-26)17(28)5-6-27-18(23-24-20(27)30)16-2-1-11-31-16/h1-4,11-12H,5-10H2,(H,24,30). The van der Waals surface area contributed by atoms with Crippen molar-refractivity contribution < 1.29 is 14.0 Å². The van der Waals surface area contributed by atoms with Gasteiger partial charge in [-0.1, -0.05) is 17.7 Å². The Morgan fingerprint density at radius 2 is 1.94 bits per heavy atom. The first-order chi connectivity index (χ1) is 14.9. The van der Waals surface area contributed by atoms with E-state index in [1.54, 1.807) is 21.1 Å². The molecule has 0 bridgehead atoms. The highest BCUT2D eigenvalue weighted by Crippen LogP contribution is 2.23. The number of thiophene rings is 1. The van der Waals surface area contributed by atoms with Crippen molar-refractivity contribution >= 4 is 47.0 Å². The van der Waals surface area contributed by atoms with Gasteiger partial charge >= 0.3 is 0 Å². The molecule has 4 rings (SSSR count). The predicted octanol–water partition coefficient (Wildman–Crippen LogP) is 3.84. The lowest BCUT2D eigenvalue weighted by Gasteiger charge is -2.35. The van der Waals surface area contributed by atoms with Gasteiger partial charge in [-0.05, 0) is 41.9 Å². The van der Waals surface area contributed by atoms with Gasteiger partial charge in [0, 0.05) is 39.1 Å². The minimum absolute atomic E-state index is 0.00727. The number of hydrogen-bond acceptors (Lipinski definition) is 5. The molecule has 0 spiro atoms. The van der Waals surface area contributed by atoms with Crippen molar-refractivity contribution in [3.8, 4) is 10.7 Å². The molecule has 3 aromatic rings. The van der Waals surface area contributed by atoms with Crippen LogP contribution in [0.2, 0.25) is 5.02 Å². The van der Waals surface area contributed by atoms with Crippen molar-refractivity contribution in [2.45, 2.75) is 13.0 Å². The van der Waals surface area contributed by atoms with Crippen LogP contribution >= 0.6 is 35.2 Å². The van der Waals surface area contributed by atoms with Gasteiger partial charge in [0.1, 0.15) is 5.82 Å². The van der Waals surface area contributed by atoms with Gasteiger partial charge in [0.25, 0.3) is 5.91 Å². The van der Waals surface area contributed by atoms with Gasteiger partial charge < -0.3 is 9.80 Å². The van der Waals surface area contributed by atoms with Gasteiger partial charge in [0.15, 0.2) is 10.6 Å². The number of carbonyl (C=O) groups is 2. The Morgan fingerprint density at radius 3 is 2.61 bits per heavy atom. The molecule has 0 aliphatic carbocycles. The number of H-pyrrole nitrogens is 1. The van der Waals surface area contributed by atoms with Crippen LogP contribution in [0, 0.1) is 10.6 Å².